The highest BCUT2D eigenvalue weighted by Crippen LogP contribution is 2.32. The predicted molar refractivity (Wildman–Crippen MR) is 78.7 cm³/mol. The second-order valence-electron chi connectivity index (χ2n) is 4.96. The van der Waals surface area contributed by atoms with Crippen molar-refractivity contribution in [2.24, 2.45) is 0 Å². The summed E-state index contributed by atoms with van der Waals surface area (Å²) in [6.07, 6.45) is 6.99. The lowest BCUT2D eigenvalue weighted by atomic mass is 10.0. The Morgan fingerprint density at radius 2 is 1.70 bits per heavy atom. The first-order valence-corrected chi connectivity index (χ1v) is 6.80. The van der Waals surface area contributed by atoms with E-state index in [1.807, 2.05) is 48.5 Å². The Morgan fingerprint density at radius 3 is 2.65 bits per heavy atom. The van der Waals surface area contributed by atoms with Crippen LogP contribution in [0.5, 0.6) is 11.5 Å². The van der Waals surface area contributed by atoms with E-state index in [1.165, 1.54) is 5.56 Å². The minimum atomic E-state index is -0.141. The molecule has 0 aromatic heterocycles. The Balaban J connectivity index is 1.61. The fourth-order valence-electron chi connectivity index (χ4n) is 2.57. The Hall–Kier alpha value is -2.48. The van der Waals surface area contributed by atoms with Crippen LogP contribution in [0.2, 0.25) is 0 Å². The van der Waals surface area contributed by atoms with Crippen LogP contribution >= 0.6 is 0 Å². The summed E-state index contributed by atoms with van der Waals surface area (Å²) in [5.41, 5.74) is 2.33. The van der Waals surface area contributed by atoms with Gasteiger partial charge in [-0.15, -0.1) is 0 Å². The van der Waals surface area contributed by atoms with E-state index in [0.717, 1.165) is 29.2 Å². The second-order valence-corrected chi connectivity index (χ2v) is 4.96. The van der Waals surface area contributed by atoms with Crippen molar-refractivity contribution in [3.05, 3.63) is 77.6 Å². The summed E-state index contributed by atoms with van der Waals surface area (Å²) in [6, 6.07) is 16.2. The molecule has 2 aromatic carbocycles. The number of para-hydroxylation sites is 2. The molecule has 0 fully saturated rings. The number of fused-ring (bicyclic) bond motifs is 2. The molecule has 0 spiro atoms. The molecule has 2 heterocycles. The molecule has 0 radical (unpaired) electrons. The monoisotopic (exact) mass is 262 g/mol. The first-order chi connectivity index (χ1) is 9.90. The summed E-state index contributed by atoms with van der Waals surface area (Å²) in [5, 5.41) is 0. The molecule has 2 nitrogen and oxygen atoms in total. The number of ether oxygens (including phenoxy) is 2. The van der Waals surface area contributed by atoms with Crippen LogP contribution < -0.4 is 9.47 Å². The molecule has 2 aromatic rings. The van der Waals surface area contributed by atoms with E-state index in [4.69, 9.17) is 9.47 Å². The van der Waals surface area contributed by atoms with Gasteiger partial charge in [-0.25, -0.2) is 0 Å². The van der Waals surface area contributed by atoms with E-state index in [0.29, 0.717) is 0 Å². The first kappa shape index (κ1) is 11.4. The number of hydrogen-bond donors (Lipinski definition) is 0. The van der Waals surface area contributed by atoms with Crippen LogP contribution in [0.1, 0.15) is 11.1 Å². The fourth-order valence-corrected chi connectivity index (χ4v) is 2.57. The van der Waals surface area contributed by atoms with Gasteiger partial charge in [0.15, 0.2) is 6.10 Å². The molecular weight excluding hydrogens is 248 g/mol. The maximum atomic E-state index is 6.01. The summed E-state index contributed by atoms with van der Waals surface area (Å²) in [6.45, 7) is 0. The van der Waals surface area contributed by atoms with Crippen LogP contribution in [0.4, 0.5) is 0 Å². The van der Waals surface area contributed by atoms with Crippen LogP contribution in [-0.4, -0.2) is 6.10 Å². The number of benzene rings is 2. The third-order valence-electron chi connectivity index (χ3n) is 3.63. The molecule has 0 amide bonds. The SMILES string of the molecule is C1=CC(C2=CCc3ccccc3O2)Oc2ccccc21. The highest BCUT2D eigenvalue weighted by Gasteiger charge is 2.23. The zero-order chi connectivity index (χ0) is 13.4. The van der Waals surface area contributed by atoms with E-state index >= 15 is 0 Å². The van der Waals surface area contributed by atoms with Crippen molar-refractivity contribution in [3.8, 4) is 11.5 Å². The van der Waals surface area contributed by atoms with E-state index in [1.54, 1.807) is 0 Å². The lowest BCUT2D eigenvalue weighted by Gasteiger charge is -2.26. The molecule has 2 heteroatoms. The topological polar surface area (TPSA) is 18.5 Å². The van der Waals surface area contributed by atoms with Crippen molar-refractivity contribution in [2.75, 3.05) is 0 Å². The zero-order valence-corrected chi connectivity index (χ0v) is 11.0. The summed E-state index contributed by atoms with van der Waals surface area (Å²) < 4.78 is 12.0. The first-order valence-electron chi connectivity index (χ1n) is 6.80. The van der Waals surface area contributed by atoms with Crippen molar-refractivity contribution in [1.82, 2.24) is 0 Å². The van der Waals surface area contributed by atoms with Gasteiger partial charge in [0, 0.05) is 5.56 Å². The molecule has 98 valence electrons. The zero-order valence-electron chi connectivity index (χ0n) is 11.0. The van der Waals surface area contributed by atoms with Gasteiger partial charge in [0.2, 0.25) is 0 Å². The normalized spacial score (nSPS) is 19.2. The van der Waals surface area contributed by atoms with Gasteiger partial charge in [-0.05, 0) is 36.3 Å². The summed E-state index contributed by atoms with van der Waals surface area (Å²) >= 11 is 0. The third kappa shape index (κ3) is 1.90. The highest BCUT2D eigenvalue weighted by molar-refractivity contribution is 5.60. The van der Waals surface area contributed by atoms with E-state index < -0.39 is 0 Å². The quantitative estimate of drug-likeness (QED) is 0.774. The molecule has 0 saturated carbocycles. The summed E-state index contributed by atoms with van der Waals surface area (Å²) in [5.74, 6) is 2.71. The Bertz CT molecular complexity index is 713. The van der Waals surface area contributed by atoms with Gasteiger partial charge >= 0.3 is 0 Å². The lowest BCUT2D eigenvalue weighted by Crippen LogP contribution is -2.24. The van der Waals surface area contributed by atoms with E-state index in [-0.39, 0.29) is 6.10 Å². The average molecular weight is 262 g/mol. The van der Waals surface area contributed by atoms with Gasteiger partial charge in [0.25, 0.3) is 0 Å². The lowest BCUT2D eigenvalue weighted by molar-refractivity contribution is 0.216. The third-order valence-corrected chi connectivity index (χ3v) is 3.63. The molecule has 2 aliphatic rings. The molecule has 0 aliphatic carbocycles. The van der Waals surface area contributed by atoms with Crippen LogP contribution in [-0.2, 0) is 6.42 Å². The highest BCUT2D eigenvalue weighted by atomic mass is 16.5. The van der Waals surface area contributed by atoms with Crippen LogP contribution in [0.15, 0.2) is 66.4 Å². The molecule has 1 atom stereocenters. The van der Waals surface area contributed by atoms with Gasteiger partial charge < -0.3 is 9.47 Å². The van der Waals surface area contributed by atoms with Gasteiger partial charge in [-0.2, -0.15) is 0 Å². The molecule has 2 aliphatic heterocycles. The number of rotatable bonds is 1. The smallest absolute Gasteiger partial charge is 0.174 e. The Kier molecular flexibility index (Phi) is 2.59. The number of hydrogen-bond acceptors (Lipinski definition) is 2. The summed E-state index contributed by atoms with van der Waals surface area (Å²) in [7, 11) is 0. The molecule has 4 rings (SSSR count). The number of allylic oxidation sites excluding steroid dienone is 1. The minimum absolute atomic E-state index is 0.141. The molecule has 0 bridgehead atoms. The van der Waals surface area contributed by atoms with Crippen LogP contribution in [0.3, 0.4) is 0 Å². The van der Waals surface area contributed by atoms with Crippen molar-refractivity contribution >= 4 is 6.08 Å². The van der Waals surface area contributed by atoms with Gasteiger partial charge in [0.05, 0.1) is 0 Å². The Labute approximate surface area is 118 Å². The van der Waals surface area contributed by atoms with Gasteiger partial charge in [-0.3, -0.25) is 0 Å². The molecular formula is C18H14O2. The van der Waals surface area contributed by atoms with Crippen molar-refractivity contribution < 1.29 is 9.47 Å². The fraction of sp³-hybridized carbons (Fsp3) is 0.111. The molecule has 20 heavy (non-hydrogen) atoms. The minimum Gasteiger partial charge on any atom is -0.478 e. The Morgan fingerprint density at radius 1 is 0.900 bits per heavy atom. The largest absolute Gasteiger partial charge is 0.478 e. The summed E-state index contributed by atoms with van der Waals surface area (Å²) in [4.78, 5) is 0. The maximum absolute atomic E-state index is 6.01. The van der Waals surface area contributed by atoms with Gasteiger partial charge in [-0.1, -0.05) is 42.5 Å². The maximum Gasteiger partial charge on any atom is 0.174 e. The van der Waals surface area contributed by atoms with Crippen molar-refractivity contribution in [2.45, 2.75) is 12.5 Å². The van der Waals surface area contributed by atoms with Crippen LogP contribution in [0.25, 0.3) is 6.08 Å². The van der Waals surface area contributed by atoms with E-state index in [2.05, 4.69) is 18.2 Å². The second kappa shape index (κ2) is 4.57. The van der Waals surface area contributed by atoms with Gasteiger partial charge in [0.1, 0.15) is 17.3 Å². The predicted octanol–water partition coefficient (Wildman–Crippen LogP) is 3.98. The molecule has 0 N–H and O–H groups in total. The van der Waals surface area contributed by atoms with Crippen molar-refractivity contribution in [3.63, 3.8) is 0 Å². The van der Waals surface area contributed by atoms with Crippen LogP contribution in [0, 0.1) is 0 Å². The standard InChI is InChI=1S/C18H14O2/c1-3-7-15-13(5-1)9-11-17(19-15)18-12-10-14-6-2-4-8-16(14)20-18/h1-9,11-12,17H,10H2. The van der Waals surface area contributed by atoms with Crippen molar-refractivity contribution in [1.29, 1.82) is 0 Å². The molecule has 0 saturated heterocycles. The molecule has 1 unspecified atom stereocenters. The van der Waals surface area contributed by atoms with E-state index in [9.17, 15) is 0 Å². The average Bonchev–Trinajstić information content (AvgIpc) is 2.54.